The largest absolute Gasteiger partial charge is 1.00 e. The van der Waals surface area contributed by atoms with Crippen molar-refractivity contribution in [1.82, 2.24) is 4.90 Å². The van der Waals surface area contributed by atoms with E-state index < -0.39 is 11.5 Å². The first-order valence-electron chi connectivity index (χ1n) is 14.6. The Hall–Kier alpha value is -1.87. The summed E-state index contributed by atoms with van der Waals surface area (Å²) in [5.41, 5.74) is 0.663. The maximum absolute atomic E-state index is 13.0. The number of aliphatic hydroxyl groups excluding tert-OH is 1. The second kappa shape index (κ2) is 26.9. The van der Waals surface area contributed by atoms with E-state index in [0.29, 0.717) is 19.8 Å². The SMILES string of the molecule is C.C=C[C@@](C)(COCc1ccc(OC)cc1)C(=O)N1C(=O)OC[C@@H]1C(C)C.C=C[C@](C)(CO)COCc1ccc(OC)cc1.S=S=S.[AlH3].[H-].[Li+]. The van der Waals surface area contributed by atoms with Gasteiger partial charge in [-0.15, -0.1) is 13.2 Å². The minimum absolute atomic E-state index is 0. The molecule has 1 heterocycles. The number of methoxy groups -OCH3 is 2. The zero-order valence-electron chi connectivity index (χ0n) is 29.6. The maximum atomic E-state index is 13.0. The fourth-order valence-electron chi connectivity index (χ4n) is 4.04. The van der Waals surface area contributed by atoms with E-state index in [1.165, 1.54) is 11.0 Å². The Labute approximate surface area is 330 Å². The first-order chi connectivity index (χ1) is 21.9. The van der Waals surface area contributed by atoms with Crippen molar-refractivity contribution in [2.45, 2.75) is 54.4 Å². The molecule has 0 aromatic heterocycles. The molecule has 2 aromatic rings. The Kier molecular flexibility index (Phi) is 28.2. The van der Waals surface area contributed by atoms with Gasteiger partial charge in [-0.3, -0.25) is 4.79 Å². The van der Waals surface area contributed by atoms with Gasteiger partial charge >= 0.3 is 25.0 Å². The van der Waals surface area contributed by atoms with Crippen molar-refractivity contribution in [1.29, 1.82) is 0 Å². The molecule has 1 aliphatic heterocycles. The number of aliphatic hydroxyl groups is 1. The Balaban J connectivity index is -0.000000387. The molecule has 1 N–H and O–H groups in total. The number of imide groups is 1. The van der Waals surface area contributed by atoms with Crippen molar-refractivity contribution < 1.29 is 58.7 Å². The van der Waals surface area contributed by atoms with Crippen LogP contribution in [0.1, 0.15) is 47.7 Å². The molecule has 1 saturated heterocycles. The normalized spacial score (nSPS) is 15.3. The summed E-state index contributed by atoms with van der Waals surface area (Å²) in [5, 5.41) is 9.18. The van der Waals surface area contributed by atoms with Crippen molar-refractivity contribution in [3.8, 4) is 11.5 Å². The topological polar surface area (TPSA) is 104 Å². The van der Waals surface area contributed by atoms with Gasteiger partial charge < -0.3 is 30.2 Å². The van der Waals surface area contributed by atoms with E-state index in [-0.39, 0.29) is 88.2 Å². The minimum atomic E-state index is -1.01. The molecule has 0 unspecified atom stereocenters. The molecule has 49 heavy (non-hydrogen) atoms. The second-order valence-electron chi connectivity index (χ2n) is 11.5. The van der Waals surface area contributed by atoms with E-state index in [9.17, 15) is 14.7 Å². The van der Waals surface area contributed by atoms with Crippen LogP contribution in [0, 0.1) is 16.7 Å². The quantitative estimate of drug-likeness (QED) is 0.216. The van der Waals surface area contributed by atoms with Crippen molar-refractivity contribution >= 4 is 60.6 Å². The maximum Gasteiger partial charge on any atom is 1.00 e. The molecule has 9 nitrogen and oxygen atoms in total. The van der Waals surface area contributed by atoms with Crippen LogP contribution < -0.4 is 28.3 Å². The molecule has 2 aromatic carbocycles. The number of cyclic esters (lactones) is 1. The van der Waals surface area contributed by atoms with Gasteiger partial charge in [0.2, 0.25) is 5.91 Å². The summed E-state index contributed by atoms with van der Waals surface area (Å²) in [6, 6.07) is 15.0. The Bertz CT molecular complexity index is 1300. The van der Waals surface area contributed by atoms with Gasteiger partial charge in [0.25, 0.3) is 0 Å². The predicted molar refractivity (Wildman–Crippen MR) is 206 cm³/mol. The second-order valence-corrected chi connectivity index (χ2v) is 13.2. The summed E-state index contributed by atoms with van der Waals surface area (Å²) >= 11 is 8.25. The number of benzene rings is 2. The van der Waals surface area contributed by atoms with Gasteiger partial charge in [-0.25, -0.2) is 9.69 Å². The van der Waals surface area contributed by atoms with Crippen molar-refractivity contribution in [3.05, 3.63) is 85.0 Å². The summed E-state index contributed by atoms with van der Waals surface area (Å²) in [4.78, 5) is 26.3. The van der Waals surface area contributed by atoms with Crippen molar-refractivity contribution in [2.75, 3.05) is 40.6 Å². The van der Waals surface area contributed by atoms with E-state index in [4.69, 9.17) is 23.7 Å². The van der Waals surface area contributed by atoms with E-state index in [2.05, 4.69) is 35.5 Å². The van der Waals surface area contributed by atoms with E-state index in [1.54, 1.807) is 27.2 Å². The molecule has 0 radical (unpaired) electrons. The molecular formula is C35H55AlLiNO8S3. The van der Waals surface area contributed by atoms with Crippen LogP contribution in [0.3, 0.4) is 0 Å². The predicted octanol–water partition coefficient (Wildman–Crippen LogP) is 2.37. The molecule has 0 aliphatic carbocycles. The molecule has 1 fully saturated rings. The van der Waals surface area contributed by atoms with Crippen LogP contribution in [0.25, 0.3) is 0 Å². The van der Waals surface area contributed by atoms with Crippen molar-refractivity contribution in [2.24, 2.45) is 16.7 Å². The van der Waals surface area contributed by atoms with Crippen molar-refractivity contribution in [3.63, 3.8) is 0 Å². The van der Waals surface area contributed by atoms with Crippen LogP contribution in [0.4, 0.5) is 4.79 Å². The number of carbonyl (C=O) groups excluding carboxylic acids is 2. The van der Waals surface area contributed by atoms with Gasteiger partial charge in [0, 0.05) is 36.7 Å². The number of ether oxygens (including phenoxy) is 5. The fourth-order valence-corrected chi connectivity index (χ4v) is 4.04. The molecule has 14 heteroatoms. The number of rotatable bonds is 15. The molecule has 2 amide bonds. The third kappa shape index (κ3) is 17.3. The van der Waals surface area contributed by atoms with Crippen LogP contribution in [0.2, 0.25) is 0 Å². The van der Waals surface area contributed by atoms with Crippen LogP contribution in [-0.2, 0) is 63.5 Å². The minimum Gasteiger partial charge on any atom is -1.00 e. The van der Waals surface area contributed by atoms with Gasteiger partial charge in [0.1, 0.15) is 18.1 Å². The van der Waals surface area contributed by atoms with Crippen LogP contribution in [0.5, 0.6) is 11.5 Å². The molecule has 0 spiro atoms. The standard InChI is InChI=1S/C20H27NO5.C14H20O3.CH4.Al.Li.S3.4H/c1-6-20(4,13-25-11-15-7-9-16(24-5)10-8-15)18(22)21-17(14(2)3)12-26-19(21)23;1-4-14(2,10-15)11-17-9-12-5-7-13(16-3)8-6-12;;;;1-3-2;;;;/h6-10,14,17H,1,11-13H2,2-5H3;4-8,15H,1,9-11H2,2-3H3;1H4;;;;;;;/q;;;;+1;;;;;-1/t17-,20+;14-;;;;;;;;/m11......../s1. The fraction of sp³-hybridized carbons (Fsp3) is 0.486. The number of carbonyl (C=O) groups is 2. The van der Waals surface area contributed by atoms with Gasteiger partial charge in [0.15, 0.2) is 17.4 Å². The molecule has 270 valence electrons. The molecular weight excluding hydrogens is 693 g/mol. The van der Waals surface area contributed by atoms with E-state index in [0.717, 1.165) is 31.5 Å². The van der Waals surface area contributed by atoms with Gasteiger partial charge in [-0.2, -0.15) is 0 Å². The first-order valence-corrected chi connectivity index (χ1v) is 17.3. The molecule has 0 bridgehead atoms. The Morgan fingerprint density at radius 2 is 1.43 bits per heavy atom. The van der Waals surface area contributed by atoms with Gasteiger partial charge in [0.05, 0.1) is 58.7 Å². The zero-order valence-corrected chi connectivity index (χ0v) is 31.0. The number of hydrogen-bond donors (Lipinski definition) is 1. The average Bonchev–Trinajstić information content (AvgIpc) is 3.46. The number of nitrogens with zero attached hydrogens (tertiary/aromatic N) is 1. The van der Waals surface area contributed by atoms with E-state index in [1.807, 2.05) is 69.3 Å². The third-order valence-electron chi connectivity index (χ3n) is 7.38. The third-order valence-corrected chi connectivity index (χ3v) is 7.38. The summed E-state index contributed by atoms with van der Waals surface area (Å²) in [6.45, 7) is 16.7. The first kappa shape index (κ1) is 51.5. The number of amides is 2. The molecule has 3 atom stereocenters. The van der Waals surface area contributed by atoms with Gasteiger partial charge in [-0.05, 0) is 48.2 Å². The molecule has 3 rings (SSSR count). The number of hydrogen-bond acceptors (Lipinski definition) is 10. The summed E-state index contributed by atoms with van der Waals surface area (Å²) in [6.07, 6.45) is 2.66. The molecule has 1 aliphatic rings. The summed E-state index contributed by atoms with van der Waals surface area (Å²) in [5.74, 6) is 1.37. The average molecular weight is 748 g/mol. The van der Waals surface area contributed by atoms with Gasteiger partial charge in [-0.1, -0.05) is 64.6 Å². The van der Waals surface area contributed by atoms with Crippen LogP contribution >= 0.6 is 0 Å². The Morgan fingerprint density at radius 3 is 1.78 bits per heavy atom. The zero-order chi connectivity index (χ0) is 34.8. The summed E-state index contributed by atoms with van der Waals surface area (Å²) in [7, 11) is 4.17. The Morgan fingerprint density at radius 1 is 1.00 bits per heavy atom. The monoisotopic (exact) mass is 747 g/mol. The van der Waals surface area contributed by atoms with E-state index >= 15 is 0 Å². The van der Waals surface area contributed by atoms with Crippen LogP contribution in [0.15, 0.2) is 73.8 Å². The van der Waals surface area contributed by atoms with Crippen LogP contribution in [-0.4, -0.2) is 86.1 Å². The summed E-state index contributed by atoms with van der Waals surface area (Å²) < 4.78 is 26.6. The smallest absolute Gasteiger partial charge is 1.00 e. The molecule has 0 saturated carbocycles.